The van der Waals surface area contributed by atoms with Crippen LogP contribution in [0, 0.1) is 11.8 Å². The van der Waals surface area contributed by atoms with Crippen molar-refractivity contribution >= 4 is 10.2 Å². The zero-order valence-corrected chi connectivity index (χ0v) is 11.5. The molecule has 0 aromatic carbocycles. The standard InChI is InChI=1S/C11H23N3O2S/c1-3-13(4-2)17(15,16)14-7-9-5-6-11(12)10(9)8-14/h9-11H,3-8,12H2,1-2H3. The van der Waals surface area contributed by atoms with Crippen LogP contribution in [0.1, 0.15) is 26.7 Å². The van der Waals surface area contributed by atoms with E-state index < -0.39 is 10.2 Å². The van der Waals surface area contributed by atoms with E-state index in [4.69, 9.17) is 5.73 Å². The maximum Gasteiger partial charge on any atom is 0.281 e. The Balaban J connectivity index is 2.10. The van der Waals surface area contributed by atoms with Crippen LogP contribution in [0.25, 0.3) is 0 Å². The molecule has 1 saturated heterocycles. The zero-order chi connectivity index (χ0) is 12.6. The molecule has 100 valence electrons. The Bertz CT molecular complexity index is 367. The second-order valence-corrected chi connectivity index (χ2v) is 7.00. The monoisotopic (exact) mass is 261 g/mol. The summed E-state index contributed by atoms with van der Waals surface area (Å²) in [6.45, 7) is 6.11. The lowest BCUT2D eigenvalue weighted by molar-refractivity contribution is 0.363. The van der Waals surface area contributed by atoms with E-state index >= 15 is 0 Å². The van der Waals surface area contributed by atoms with Gasteiger partial charge in [0.15, 0.2) is 0 Å². The molecule has 2 N–H and O–H groups in total. The van der Waals surface area contributed by atoms with Crippen molar-refractivity contribution in [2.24, 2.45) is 17.6 Å². The van der Waals surface area contributed by atoms with Gasteiger partial charge in [0.05, 0.1) is 0 Å². The Kier molecular flexibility index (Phi) is 3.77. The topological polar surface area (TPSA) is 66.6 Å². The van der Waals surface area contributed by atoms with Crippen molar-refractivity contribution in [1.29, 1.82) is 0 Å². The van der Waals surface area contributed by atoms with Crippen molar-refractivity contribution in [2.45, 2.75) is 32.7 Å². The van der Waals surface area contributed by atoms with E-state index in [0.717, 1.165) is 12.8 Å². The summed E-state index contributed by atoms with van der Waals surface area (Å²) in [6, 6.07) is 0.192. The highest BCUT2D eigenvalue weighted by atomic mass is 32.2. The molecule has 2 rings (SSSR count). The molecule has 0 aromatic rings. The molecule has 0 bridgehead atoms. The molecule has 0 radical (unpaired) electrons. The van der Waals surface area contributed by atoms with Gasteiger partial charge < -0.3 is 5.73 Å². The molecule has 1 saturated carbocycles. The van der Waals surface area contributed by atoms with Crippen LogP contribution in [0.15, 0.2) is 0 Å². The Morgan fingerprint density at radius 3 is 2.41 bits per heavy atom. The summed E-state index contributed by atoms with van der Waals surface area (Å²) in [4.78, 5) is 0. The maximum atomic E-state index is 12.3. The van der Waals surface area contributed by atoms with Crippen LogP contribution >= 0.6 is 0 Å². The fraction of sp³-hybridized carbons (Fsp3) is 1.00. The number of hydrogen-bond acceptors (Lipinski definition) is 3. The lowest BCUT2D eigenvalue weighted by Crippen LogP contribution is -2.43. The van der Waals surface area contributed by atoms with Crippen molar-refractivity contribution in [3.05, 3.63) is 0 Å². The Hall–Kier alpha value is -0.170. The molecule has 1 aliphatic carbocycles. The molecule has 3 atom stereocenters. The van der Waals surface area contributed by atoms with Gasteiger partial charge in [-0.1, -0.05) is 13.8 Å². The summed E-state index contributed by atoms with van der Waals surface area (Å²) < 4.78 is 27.8. The smallest absolute Gasteiger partial charge is 0.281 e. The molecule has 1 heterocycles. The molecular weight excluding hydrogens is 238 g/mol. The fourth-order valence-electron chi connectivity index (χ4n) is 3.17. The second-order valence-electron chi connectivity index (χ2n) is 5.07. The van der Waals surface area contributed by atoms with E-state index in [1.807, 2.05) is 13.8 Å². The zero-order valence-electron chi connectivity index (χ0n) is 10.7. The lowest BCUT2D eigenvalue weighted by atomic mass is 9.98. The number of nitrogens with two attached hydrogens (primary N) is 1. The van der Waals surface area contributed by atoms with Gasteiger partial charge in [0.2, 0.25) is 0 Å². The lowest BCUT2D eigenvalue weighted by Gasteiger charge is -2.26. The van der Waals surface area contributed by atoms with Crippen LogP contribution in [-0.4, -0.2) is 49.2 Å². The van der Waals surface area contributed by atoms with Crippen LogP contribution in [0.2, 0.25) is 0 Å². The number of nitrogens with zero attached hydrogens (tertiary/aromatic N) is 2. The van der Waals surface area contributed by atoms with Crippen LogP contribution < -0.4 is 5.73 Å². The minimum atomic E-state index is -3.26. The Labute approximate surface area is 104 Å². The molecule has 2 fully saturated rings. The van der Waals surface area contributed by atoms with Gasteiger partial charge in [0.1, 0.15) is 0 Å². The van der Waals surface area contributed by atoms with E-state index in [-0.39, 0.29) is 6.04 Å². The van der Waals surface area contributed by atoms with E-state index in [0.29, 0.717) is 38.0 Å². The summed E-state index contributed by atoms with van der Waals surface area (Å²) in [5.41, 5.74) is 6.03. The van der Waals surface area contributed by atoms with Crippen molar-refractivity contribution in [3.63, 3.8) is 0 Å². The predicted octanol–water partition coefficient (Wildman–Crippen LogP) is 0.242. The van der Waals surface area contributed by atoms with Gasteiger partial charge >= 0.3 is 0 Å². The molecule has 0 aromatic heterocycles. The van der Waals surface area contributed by atoms with Gasteiger partial charge in [-0.15, -0.1) is 0 Å². The van der Waals surface area contributed by atoms with Crippen LogP contribution in [-0.2, 0) is 10.2 Å². The van der Waals surface area contributed by atoms with Crippen molar-refractivity contribution in [1.82, 2.24) is 8.61 Å². The summed E-state index contributed by atoms with van der Waals surface area (Å²) in [5.74, 6) is 0.857. The second kappa shape index (κ2) is 4.84. The molecule has 0 spiro atoms. The van der Waals surface area contributed by atoms with Gasteiger partial charge in [-0.25, -0.2) is 0 Å². The third-order valence-corrected chi connectivity index (χ3v) is 6.36. The van der Waals surface area contributed by atoms with E-state index in [1.165, 1.54) is 4.31 Å². The van der Waals surface area contributed by atoms with Crippen molar-refractivity contribution in [3.8, 4) is 0 Å². The molecule has 5 nitrogen and oxygen atoms in total. The Morgan fingerprint density at radius 1 is 1.24 bits per heavy atom. The number of hydrogen-bond donors (Lipinski definition) is 1. The summed E-state index contributed by atoms with van der Waals surface area (Å²) >= 11 is 0. The molecule has 0 amide bonds. The van der Waals surface area contributed by atoms with Crippen LogP contribution in [0.5, 0.6) is 0 Å². The highest BCUT2D eigenvalue weighted by Crippen LogP contribution is 2.38. The molecule has 17 heavy (non-hydrogen) atoms. The predicted molar refractivity (Wildman–Crippen MR) is 67.6 cm³/mol. The van der Waals surface area contributed by atoms with E-state index in [9.17, 15) is 8.42 Å². The molecule has 2 aliphatic rings. The third kappa shape index (κ3) is 2.23. The minimum absolute atomic E-state index is 0.192. The highest BCUT2D eigenvalue weighted by molar-refractivity contribution is 7.86. The fourth-order valence-corrected chi connectivity index (χ4v) is 4.89. The molecule has 3 unspecified atom stereocenters. The summed E-state index contributed by atoms with van der Waals surface area (Å²) in [6.07, 6.45) is 2.13. The average Bonchev–Trinajstić information content (AvgIpc) is 2.83. The summed E-state index contributed by atoms with van der Waals surface area (Å²) in [7, 11) is -3.26. The minimum Gasteiger partial charge on any atom is -0.327 e. The molecule has 1 aliphatic heterocycles. The highest BCUT2D eigenvalue weighted by Gasteiger charge is 2.45. The molecule has 6 heteroatoms. The maximum absolute atomic E-state index is 12.3. The quantitative estimate of drug-likeness (QED) is 0.788. The normalized spacial score (nSPS) is 34.5. The van der Waals surface area contributed by atoms with Gasteiger partial charge in [0.25, 0.3) is 10.2 Å². The third-order valence-electron chi connectivity index (χ3n) is 4.24. The summed E-state index contributed by atoms with van der Waals surface area (Å²) in [5, 5.41) is 0. The first-order chi connectivity index (χ1) is 8.00. The van der Waals surface area contributed by atoms with Gasteiger partial charge in [-0.3, -0.25) is 0 Å². The largest absolute Gasteiger partial charge is 0.327 e. The van der Waals surface area contributed by atoms with E-state index in [1.54, 1.807) is 4.31 Å². The first-order valence-electron chi connectivity index (χ1n) is 6.51. The van der Waals surface area contributed by atoms with Gasteiger partial charge in [-0.05, 0) is 24.7 Å². The van der Waals surface area contributed by atoms with Crippen LogP contribution in [0.3, 0.4) is 0 Å². The van der Waals surface area contributed by atoms with Crippen LogP contribution in [0.4, 0.5) is 0 Å². The first-order valence-corrected chi connectivity index (χ1v) is 7.91. The number of rotatable bonds is 4. The van der Waals surface area contributed by atoms with Crippen molar-refractivity contribution in [2.75, 3.05) is 26.2 Å². The number of fused-ring (bicyclic) bond motifs is 1. The van der Waals surface area contributed by atoms with Gasteiger partial charge in [0, 0.05) is 32.2 Å². The molecular formula is C11H23N3O2S. The Morgan fingerprint density at radius 2 is 1.88 bits per heavy atom. The SMILES string of the molecule is CCN(CC)S(=O)(=O)N1CC2CCC(N)C2C1. The first kappa shape index (κ1) is 13.3. The van der Waals surface area contributed by atoms with E-state index in [2.05, 4.69) is 0 Å². The van der Waals surface area contributed by atoms with Gasteiger partial charge in [-0.2, -0.15) is 17.0 Å². The average molecular weight is 261 g/mol. The van der Waals surface area contributed by atoms with Crippen molar-refractivity contribution < 1.29 is 8.42 Å².